The molecule has 3 heterocycles. The van der Waals surface area contributed by atoms with Gasteiger partial charge in [0.05, 0.1) is 26.8 Å². The molecule has 142 valence electrons. The van der Waals surface area contributed by atoms with Crippen LogP contribution in [0.25, 0.3) is 11.1 Å². The number of phenolic OH excluding ortho intramolecular Hbond substituents is 1. The number of piperidine rings is 1. The van der Waals surface area contributed by atoms with E-state index in [9.17, 15) is 9.32 Å². The molecule has 0 bridgehead atoms. The van der Waals surface area contributed by atoms with Crippen molar-refractivity contribution < 1.29 is 13.7 Å². The largest absolute Gasteiger partial charge is 0.505 e. The second kappa shape index (κ2) is 7.75. The summed E-state index contributed by atoms with van der Waals surface area (Å²) in [5.74, 6) is -0.247. The van der Waals surface area contributed by atoms with Gasteiger partial charge in [0.2, 0.25) is 0 Å². The molecule has 1 saturated heterocycles. The maximum Gasteiger partial charge on any atom is 0.292 e. The van der Waals surface area contributed by atoms with Crippen molar-refractivity contribution in [2.24, 2.45) is 0 Å². The van der Waals surface area contributed by atoms with Gasteiger partial charge in [-0.1, -0.05) is 29.6 Å². The van der Waals surface area contributed by atoms with Crippen molar-refractivity contribution in [1.29, 1.82) is 0 Å². The summed E-state index contributed by atoms with van der Waals surface area (Å²) >= 11 is 11.8. The Morgan fingerprint density at radius 2 is 1.85 bits per heavy atom. The van der Waals surface area contributed by atoms with Crippen molar-refractivity contribution in [2.45, 2.75) is 35.9 Å². The summed E-state index contributed by atoms with van der Waals surface area (Å²) in [5.41, 5.74) is 1.97. The third-order valence-corrected chi connectivity index (χ3v) is 6.24. The molecule has 6 nitrogen and oxygen atoms in total. The maximum atomic E-state index is 12.8. The number of nitrogens with zero attached hydrogens (tertiary/aromatic N) is 3. The van der Waals surface area contributed by atoms with Gasteiger partial charge in [-0.15, -0.1) is 0 Å². The van der Waals surface area contributed by atoms with Gasteiger partial charge in [-0.25, -0.2) is 4.21 Å². The summed E-state index contributed by atoms with van der Waals surface area (Å²) < 4.78 is 18.5. The van der Waals surface area contributed by atoms with Gasteiger partial charge in [0.1, 0.15) is 16.3 Å². The summed E-state index contributed by atoms with van der Waals surface area (Å²) in [6, 6.07) is 4.61. The van der Waals surface area contributed by atoms with E-state index in [0.717, 1.165) is 25.3 Å². The number of aromatic hydroxyl groups is 1. The normalized spacial score (nSPS) is 16.7. The highest BCUT2D eigenvalue weighted by Crippen LogP contribution is 2.35. The lowest BCUT2D eigenvalue weighted by Crippen LogP contribution is -2.29. The van der Waals surface area contributed by atoms with Gasteiger partial charge in [-0.3, -0.25) is 9.88 Å². The summed E-state index contributed by atoms with van der Waals surface area (Å²) in [7, 11) is -1.72. The molecule has 27 heavy (non-hydrogen) atoms. The number of aromatic nitrogens is 2. The van der Waals surface area contributed by atoms with Gasteiger partial charge in [-0.05, 0) is 38.1 Å². The molecule has 0 amide bonds. The zero-order valence-electron chi connectivity index (χ0n) is 14.3. The average molecular weight is 426 g/mol. The van der Waals surface area contributed by atoms with E-state index in [1.807, 2.05) is 6.07 Å². The Hall–Kier alpha value is -1.67. The Kier molecular flexibility index (Phi) is 5.36. The fraction of sp³-hybridized carbons (Fsp3) is 0.333. The summed E-state index contributed by atoms with van der Waals surface area (Å²) in [4.78, 5) is 11.4. The highest BCUT2D eigenvalue weighted by Gasteiger charge is 2.19. The lowest BCUT2D eigenvalue weighted by Gasteiger charge is -2.25. The van der Waals surface area contributed by atoms with E-state index in [-0.39, 0.29) is 21.0 Å². The standard InChI is InChI=1S/C18H17Cl2N3O3S/c19-13-7-12(8-14(20)17(13)24)27(25)18-22-15-9-21-11(6-16(15)26-18)10-23-4-2-1-3-5-23/h6-9,24H,1-5,10H2. The van der Waals surface area contributed by atoms with Crippen LogP contribution in [-0.4, -0.2) is 37.3 Å². The zero-order valence-corrected chi connectivity index (χ0v) is 16.6. The zero-order chi connectivity index (χ0) is 19.0. The molecule has 1 fully saturated rings. The summed E-state index contributed by atoms with van der Waals surface area (Å²) in [6.45, 7) is 2.92. The van der Waals surface area contributed by atoms with Gasteiger partial charge in [0.25, 0.3) is 5.22 Å². The van der Waals surface area contributed by atoms with E-state index in [1.54, 1.807) is 6.20 Å². The molecular weight excluding hydrogens is 409 g/mol. The van der Waals surface area contributed by atoms with Gasteiger partial charge < -0.3 is 9.52 Å². The molecule has 2 aromatic heterocycles. The molecule has 1 atom stereocenters. The van der Waals surface area contributed by atoms with Crippen molar-refractivity contribution in [3.05, 3.63) is 40.1 Å². The van der Waals surface area contributed by atoms with Crippen LogP contribution in [0.5, 0.6) is 5.75 Å². The van der Waals surface area contributed by atoms with E-state index in [4.69, 9.17) is 27.6 Å². The number of hydrogen-bond acceptors (Lipinski definition) is 6. The smallest absolute Gasteiger partial charge is 0.292 e. The number of phenols is 1. The SMILES string of the molecule is O=S(c1cc(Cl)c(O)c(Cl)c1)c1nc2cnc(CN3CCCCC3)cc2o1. The van der Waals surface area contributed by atoms with Gasteiger partial charge in [0, 0.05) is 12.6 Å². The predicted octanol–water partition coefficient (Wildman–Crippen LogP) is 4.39. The van der Waals surface area contributed by atoms with E-state index >= 15 is 0 Å². The van der Waals surface area contributed by atoms with Gasteiger partial charge in [0.15, 0.2) is 11.3 Å². The third-order valence-electron chi connectivity index (χ3n) is 4.51. The van der Waals surface area contributed by atoms with Crippen molar-refractivity contribution in [1.82, 2.24) is 14.9 Å². The van der Waals surface area contributed by atoms with Crippen molar-refractivity contribution >= 4 is 45.1 Å². The van der Waals surface area contributed by atoms with E-state index in [1.165, 1.54) is 31.4 Å². The highest BCUT2D eigenvalue weighted by atomic mass is 35.5. The van der Waals surface area contributed by atoms with E-state index < -0.39 is 10.8 Å². The van der Waals surface area contributed by atoms with Crippen LogP contribution in [0.3, 0.4) is 0 Å². The number of likely N-dealkylation sites (tertiary alicyclic amines) is 1. The first-order valence-corrected chi connectivity index (χ1v) is 10.5. The molecule has 1 aliphatic rings. The van der Waals surface area contributed by atoms with Crippen LogP contribution in [0, 0.1) is 0 Å². The minimum Gasteiger partial charge on any atom is -0.505 e. The molecule has 1 aliphatic heterocycles. The molecule has 1 N–H and O–H groups in total. The van der Waals surface area contributed by atoms with Crippen LogP contribution in [0.4, 0.5) is 0 Å². The van der Waals surface area contributed by atoms with E-state index in [2.05, 4.69) is 14.9 Å². The number of oxazole rings is 1. The summed E-state index contributed by atoms with van der Waals surface area (Å²) in [5, 5.41) is 9.73. The van der Waals surface area contributed by atoms with Crippen LogP contribution in [0.2, 0.25) is 10.0 Å². The minimum atomic E-state index is -1.72. The lowest BCUT2D eigenvalue weighted by molar-refractivity contribution is 0.218. The number of pyridine rings is 1. The average Bonchev–Trinajstić information content (AvgIpc) is 3.09. The van der Waals surface area contributed by atoms with Crippen LogP contribution in [-0.2, 0) is 17.3 Å². The first kappa shape index (κ1) is 18.7. The number of fused-ring (bicyclic) bond motifs is 1. The Morgan fingerprint density at radius 1 is 1.15 bits per heavy atom. The van der Waals surface area contributed by atoms with E-state index in [0.29, 0.717) is 16.0 Å². The molecule has 4 rings (SSSR count). The van der Waals surface area contributed by atoms with Crippen LogP contribution >= 0.6 is 23.2 Å². The Bertz CT molecular complexity index is 995. The molecule has 0 saturated carbocycles. The molecule has 1 aromatic carbocycles. The van der Waals surface area contributed by atoms with Gasteiger partial charge >= 0.3 is 0 Å². The molecular formula is C18H17Cl2N3O3S. The Morgan fingerprint density at radius 3 is 2.56 bits per heavy atom. The van der Waals surface area contributed by atoms with Crippen molar-refractivity contribution in [2.75, 3.05) is 13.1 Å². The molecule has 9 heteroatoms. The van der Waals surface area contributed by atoms with Crippen LogP contribution in [0.1, 0.15) is 25.0 Å². The Balaban J connectivity index is 1.60. The topological polar surface area (TPSA) is 79.5 Å². The first-order chi connectivity index (χ1) is 13.0. The molecule has 0 radical (unpaired) electrons. The monoisotopic (exact) mass is 425 g/mol. The second-order valence-corrected chi connectivity index (χ2v) is 8.64. The number of rotatable bonds is 4. The summed E-state index contributed by atoms with van der Waals surface area (Å²) in [6.07, 6.45) is 5.35. The highest BCUT2D eigenvalue weighted by molar-refractivity contribution is 7.84. The lowest BCUT2D eigenvalue weighted by atomic mass is 10.1. The second-order valence-electron chi connectivity index (χ2n) is 6.46. The predicted molar refractivity (Wildman–Crippen MR) is 104 cm³/mol. The van der Waals surface area contributed by atoms with Crippen molar-refractivity contribution in [3.8, 4) is 5.75 Å². The fourth-order valence-electron chi connectivity index (χ4n) is 3.11. The fourth-order valence-corrected chi connectivity index (χ4v) is 4.73. The third kappa shape index (κ3) is 3.96. The number of hydrogen-bond donors (Lipinski definition) is 1. The molecule has 0 spiro atoms. The van der Waals surface area contributed by atoms with Crippen LogP contribution in [0.15, 0.2) is 38.9 Å². The van der Waals surface area contributed by atoms with Crippen molar-refractivity contribution in [3.63, 3.8) is 0 Å². The molecule has 0 aliphatic carbocycles. The molecule has 1 unspecified atom stereocenters. The van der Waals surface area contributed by atoms with Crippen LogP contribution < -0.4 is 0 Å². The quantitative estimate of drug-likeness (QED) is 0.667. The maximum absolute atomic E-state index is 12.8. The van der Waals surface area contributed by atoms with Gasteiger partial charge in [-0.2, -0.15) is 4.98 Å². The molecule has 3 aromatic rings. The number of halogens is 2. The first-order valence-electron chi connectivity index (χ1n) is 8.59. The Labute approximate surface area is 168 Å². The minimum absolute atomic E-state index is 0.0208. The number of benzene rings is 1.